The molecule has 10 heteroatoms. The third kappa shape index (κ3) is 12.6. The fourth-order valence-electron chi connectivity index (χ4n) is 4.67. The van der Waals surface area contributed by atoms with Gasteiger partial charge in [-0.1, -0.05) is 34.6 Å². The maximum atomic E-state index is 10.9. The molecular weight excluding hydrogens is 532 g/mol. The van der Waals surface area contributed by atoms with Gasteiger partial charge in [-0.05, 0) is 58.2 Å². The number of aldehydes is 1. The molecule has 2 saturated heterocycles. The van der Waals surface area contributed by atoms with Crippen molar-refractivity contribution in [3.63, 3.8) is 0 Å². The number of furan rings is 1. The second-order valence-electron chi connectivity index (χ2n) is 13.3. The monoisotopic (exact) mass is 586 g/mol. The van der Waals surface area contributed by atoms with Gasteiger partial charge in [0.15, 0.2) is 0 Å². The Labute approximate surface area is 252 Å². The number of carbonyl (C=O) groups excluding carboxylic acids is 2. The largest absolute Gasteiger partial charge is 0.467 e. The van der Waals surface area contributed by atoms with Crippen LogP contribution in [0.15, 0.2) is 29.0 Å². The lowest BCUT2D eigenvalue weighted by molar-refractivity contribution is -0.122. The molecule has 2 aliphatic heterocycles. The van der Waals surface area contributed by atoms with Crippen molar-refractivity contribution < 1.29 is 19.1 Å². The van der Waals surface area contributed by atoms with Crippen LogP contribution in [0, 0.1) is 18.8 Å². The maximum Gasteiger partial charge on any atom is 0.210 e. The van der Waals surface area contributed by atoms with Crippen LogP contribution in [0.1, 0.15) is 78.0 Å². The Morgan fingerprint density at radius 2 is 1.95 bits per heavy atom. The van der Waals surface area contributed by atoms with Crippen molar-refractivity contribution in [1.29, 1.82) is 0 Å². The van der Waals surface area contributed by atoms with E-state index in [0.29, 0.717) is 12.5 Å². The number of aryl methyl sites for hydroxylation is 1. The number of anilines is 1. The van der Waals surface area contributed by atoms with Crippen LogP contribution in [-0.2, 0) is 21.5 Å². The zero-order valence-corrected chi connectivity index (χ0v) is 27.0. The molecule has 3 N–H and O–H groups in total. The molecule has 42 heavy (non-hydrogen) atoms. The van der Waals surface area contributed by atoms with Crippen molar-refractivity contribution >= 4 is 18.5 Å². The van der Waals surface area contributed by atoms with Gasteiger partial charge in [0.2, 0.25) is 6.41 Å². The molecule has 0 aliphatic carbocycles. The van der Waals surface area contributed by atoms with Gasteiger partial charge in [0.1, 0.15) is 23.7 Å². The van der Waals surface area contributed by atoms with Crippen molar-refractivity contribution in [3.05, 3.63) is 41.7 Å². The average molecular weight is 587 g/mol. The zero-order chi connectivity index (χ0) is 31.3. The van der Waals surface area contributed by atoms with E-state index in [4.69, 9.17) is 4.42 Å². The molecule has 1 amide bonds. The molecule has 0 unspecified atom stereocenters. The summed E-state index contributed by atoms with van der Waals surface area (Å²) >= 11 is 0. The van der Waals surface area contributed by atoms with Crippen LogP contribution in [0.3, 0.4) is 0 Å². The summed E-state index contributed by atoms with van der Waals surface area (Å²) in [6.45, 7) is 19.4. The fraction of sp³-hybridized carbons (Fsp3) is 0.688. The lowest BCUT2D eigenvalue weighted by atomic mass is 9.94. The number of aromatic nitrogens is 2. The number of amides is 1. The number of piperidine rings is 2. The number of hydrogen-bond donors (Lipinski definition) is 3. The van der Waals surface area contributed by atoms with Crippen molar-refractivity contribution in [1.82, 2.24) is 25.1 Å². The topological polar surface area (TPSA) is 124 Å². The standard InChI is InChI=1S/C14H19N3O.C11H20N2O2.C7H15NO/c1-10-8-16-13(14(2,3)4)17-12(10)15-9-11-6-5-7-18-11;1-9(2)6-13(8-15)11-3-10(7-14)4-12-5-11;1-7(9)3-5-8(2)6-4-7/h5-8H,9H2,1-4H3,(H,15,16,17);7-12H,3-6H2,1-2H3;9H,3-6H2,1-2H3/t;10-,11+;/m.1./s1. The summed E-state index contributed by atoms with van der Waals surface area (Å²) in [5.41, 5.74) is 0.607. The molecule has 236 valence electrons. The van der Waals surface area contributed by atoms with Gasteiger partial charge in [-0.2, -0.15) is 0 Å². The molecule has 4 rings (SSSR count). The normalized spacial score (nSPS) is 20.4. The third-order valence-electron chi connectivity index (χ3n) is 7.45. The molecule has 0 saturated carbocycles. The Balaban J connectivity index is 0.000000232. The van der Waals surface area contributed by atoms with E-state index in [1.165, 1.54) is 0 Å². The van der Waals surface area contributed by atoms with Gasteiger partial charge >= 0.3 is 0 Å². The molecule has 0 spiro atoms. The minimum absolute atomic E-state index is 0.0468. The summed E-state index contributed by atoms with van der Waals surface area (Å²) in [4.78, 5) is 34.7. The van der Waals surface area contributed by atoms with Crippen molar-refractivity contribution in [2.45, 2.75) is 91.3 Å². The minimum Gasteiger partial charge on any atom is -0.467 e. The molecule has 2 aromatic heterocycles. The number of rotatable bonds is 8. The molecule has 2 aromatic rings. The highest BCUT2D eigenvalue weighted by Gasteiger charge is 2.26. The van der Waals surface area contributed by atoms with Gasteiger partial charge in [0.05, 0.1) is 18.4 Å². The predicted molar refractivity (Wildman–Crippen MR) is 167 cm³/mol. The van der Waals surface area contributed by atoms with E-state index < -0.39 is 0 Å². The van der Waals surface area contributed by atoms with Gasteiger partial charge in [-0.3, -0.25) is 4.79 Å². The van der Waals surface area contributed by atoms with Crippen molar-refractivity contribution in [2.75, 3.05) is 45.1 Å². The number of carbonyl (C=O) groups is 2. The Bertz CT molecular complexity index is 1060. The third-order valence-corrected chi connectivity index (χ3v) is 7.45. The molecule has 2 fully saturated rings. The molecule has 2 atom stereocenters. The SMILES string of the molecule is CC(C)CN(C=O)[C@@H]1CNC[C@H](C=O)C1.CN1CCC(C)(O)CC1.Cc1cnc(C(C)(C)C)nc1NCc1ccco1. The first-order valence-electron chi connectivity index (χ1n) is 15.1. The van der Waals surface area contributed by atoms with Gasteiger partial charge in [0, 0.05) is 61.9 Å². The molecule has 0 aromatic carbocycles. The number of likely N-dealkylation sites (tertiary alicyclic amines) is 1. The summed E-state index contributed by atoms with van der Waals surface area (Å²) in [5.74, 6) is 3.12. The molecule has 4 heterocycles. The van der Waals surface area contributed by atoms with Gasteiger partial charge < -0.3 is 34.8 Å². The fourth-order valence-corrected chi connectivity index (χ4v) is 4.67. The maximum absolute atomic E-state index is 10.9. The predicted octanol–water partition coefficient (Wildman–Crippen LogP) is 4.03. The summed E-state index contributed by atoms with van der Waals surface area (Å²) in [7, 11) is 2.09. The van der Waals surface area contributed by atoms with Crippen LogP contribution in [0.5, 0.6) is 0 Å². The summed E-state index contributed by atoms with van der Waals surface area (Å²) in [6.07, 6.45) is 8.05. The summed E-state index contributed by atoms with van der Waals surface area (Å²) < 4.78 is 5.29. The van der Waals surface area contributed by atoms with E-state index in [9.17, 15) is 14.7 Å². The quantitative estimate of drug-likeness (QED) is 0.393. The number of nitrogens with one attached hydrogen (secondary N) is 2. The van der Waals surface area contributed by atoms with E-state index >= 15 is 0 Å². The van der Waals surface area contributed by atoms with Gasteiger partial charge in [-0.15, -0.1) is 0 Å². The van der Waals surface area contributed by atoms with Crippen LogP contribution >= 0.6 is 0 Å². The Kier molecular flexibility index (Phi) is 14.1. The highest BCUT2D eigenvalue weighted by molar-refractivity contribution is 5.55. The summed E-state index contributed by atoms with van der Waals surface area (Å²) in [6, 6.07) is 3.99. The van der Waals surface area contributed by atoms with Crippen LogP contribution in [-0.4, -0.2) is 89.0 Å². The van der Waals surface area contributed by atoms with E-state index in [-0.39, 0.29) is 23.0 Å². The molecule has 0 radical (unpaired) electrons. The van der Waals surface area contributed by atoms with Crippen LogP contribution in [0.4, 0.5) is 5.82 Å². The second kappa shape index (κ2) is 16.7. The van der Waals surface area contributed by atoms with Crippen LogP contribution in [0.25, 0.3) is 0 Å². The first-order valence-corrected chi connectivity index (χ1v) is 15.1. The Morgan fingerprint density at radius 1 is 1.26 bits per heavy atom. The molecule has 2 aliphatic rings. The highest BCUT2D eigenvalue weighted by Crippen LogP contribution is 2.22. The van der Waals surface area contributed by atoms with Crippen LogP contribution in [0.2, 0.25) is 0 Å². The highest BCUT2D eigenvalue weighted by atomic mass is 16.3. The summed E-state index contributed by atoms with van der Waals surface area (Å²) in [5, 5.41) is 15.9. The van der Waals surface area contributed by atoms with E-state index in [1.54, 1.807) is 6.26 Å². The molecule has 0 bridgehead atoms. The Hall–Kier alpha value is -2.82. The molecule has 10 nitrogen and oxygen atoms in total. The van der Waals surface area contributed by atoms with Gasteiger partial charge in [0.25, 0.3) is 0 Å². The Morgan fingerprint density at radius 3 is 2.48 bits per heavy atom. The number of aliphatic hydroxyl groups is 1. The van der Waals surface area contributed by atoms with E-state index in [1.807, 2.05) is 37.1 Å². The number of nitrogens with zero attached hydrogens (tertiary/aromatic N) is 4. The lowest BCUT2D eigenvalue weighted by Gasteiger charge is -2.35. The first-order chi connectivity index (χ1) is 19.7. The minimum atomic E-state index is -0.382. The zero-order valence-electron chi connectivity index (χ0n) is 27.0. The average Bonchev–Trinajstić information content (AvgIpc) is 3.47. The van der Waals surface area contributed by atoms with Crippen LogP contribution < -0.4 is 10.6 Å². The second-order valence-corrected chi connectivity index (χ2v) is 13.3. The lowest BCUT2D eigenvalue weighted by Crippen LogP contribution is -2.49. The smallest absolute Gasteiger partial charge is 0.210 e. The van der Waals surface area contributed by atoms with E-state index in [2.05, 4.69) is 67.2 Å². The first kappa shape index (κ1) is 35.4. The van der Waals surface area contributed by atoms with E-state index in [0.717, 1.165) is 87.6 Å². The molecular formula is C32H54N6O4. The van der Waals surface area contributed by atoms with Crippen molar-refractivity contribution in [2.24, 2.45) is 11.8 Å². The van der Waals surface area contributed by atoms with Crippen molar-refractivity contribution in [3.8, 4) is 0 Å². The van der Waals surface area contributed by atoms with Gasteiger partial charge in [-0.25, -0.2) is 9.97 Å². The number of hydrogen-bond acceptors (Lipinski definition) is 9.